The average Bonchev–Trinajstić information content (AvgIpc) is 2.83. The molecule has 8 nitrogen and oxygen atoms in total. The van der Waals surface area contributed by atoms with Crippen LogP contribution in [-0.2, 0) is 11.3 Å². The summed E-state index contributed by atoms with van der Waals surface area (Å²) in [5.41, 5.74) is 2.90. The third-order valence-electron chi connectivity index (χ3n) is 5.83. The molecule has 1 saturated heterocycles. The molecule has 0 atom stereocenters. The Hall–Kier alpha value is -2.52. The number of hydrogen-bond acceptors (Lipinski definition) is 7. The van der Waals surface area contributed by atoms with E-state index in [-0.39, 0.29) is 12.2 Å². The number of aliphatic hydroxyl groups is 1. The fraction of sp³-hybridized carbons (Fsp3) is 0.458. The van der Waals surface area contributed by atoms with Crippen molar-refractivity contribution in [1.82, 2.24) is 19.4 Å². The number of piperazine rings is 1. The molecule has 0 aliphatic carbocycles. The topological polar surface area (TPSA) is 83.7 Å². The lowest BCUT2D eigenvalue weighted by molar-refractivity contribution is 0.127. The first kappa shape index (κ1) is 23.6. The van der Waals surface area contributed by atoms with Crippen LogP contribution in [0.1, 0.15) is 13.3 Å². The predicted molar refractivity (Wildman–Crippen MR) is 131 cm³/mol. The number of hydrogen-bond donors (Lipinski definition) is 1. The quantitative estimate of drug-likeness (QED) is 0.480. The fourth-order valence-electron chi connectivity index (χ4n) is 4.09. The van der Waals surface area contributed by atoms with Crippen molar-refractivity contribution in [2.45, 2.75) is 19.9 Å². The third-order valence-corrected chi connectivity index (χ3v) is 6.07. The fourth-order valence-corrected chi connectivity index (χ4v) is 4.28. The summed E-state index contributed by atoms with van der Waals surface area (Å²) in [6, 6.07) is 9.41. The largest absolute Gasteiger partial charge is 0.395 e. The number of benzene rings is 1. The van der Waals surface area contributed by atoms with Gasteiger partial charge in [0.2, 0.25) is 0 Å². The van der Waals surface area contributed by atoms with Crippen molar-refractivity contribution in [3.63, 3.8) is 0 Å². The van der Waals surface area contributed by atoms with Gasteiger partial charge in [-0.1, -0.05) is 30.7 Å². The van der Waals surface area contributed by atoms with E-state index in [1.165, 1.54) is 0 Å². The van der Waals surface area contributed by atoms with Gasteiger partial charge in [0.25, 0.3) is 5.56 Å². The van der Waals surface area contributed by atoms with Crippen LogP contribution in [-0.4, -0.2) is 77.1 Å². The molecular formula is C24H30ClN5O3. The van der Waals surface area contributed by atoms with Gasteiger partial charge in [0.05, 0.1) is 30.6 Å². The first-order valence-corrected chi connectivity index (χ1v) is 11.8. The molecule has 3 aromatic rings. The number of pyridine rings is 1. The summed E-state index contributed by atoms with van der Waals surface area (Å²) >= 11 is 6.17. The summed E-state index contributed by atoms with van der Waals surface area (Å²) in [5, 5.41) is 9.83. The SMILES string of the molecule is CCCOCCn1c(=O)c(N2CCN(CCO)CC2)nc2cnc(-c3cccc(Cl)c3)cc21. The van der Waals surface area contributed by atoms with Crippen molar-refractivity contribution in [2.75, 3.05) is 57.4 Å². The highest BCUT2D eigenvalue weighted by Crippen LogP contribution is 2.24. The van der Waals surface area contributed by atoms with Crippen molar-refractivity contribution in [3.05, 3.63) is 51.9 Å². The van der Waals surface area contributed by atoms with Gasteiger partial charge in [-0.15, -0.1) is 0 Å². The summed E-state index contributed by atoms with van der Waals surface area (Å²) in [5.74, 6) is 0.443. The van der Waals surface area contributed by atoms with Gasteiger partial charge in [-0.25, -0.2) is 4.98 Å². The summed E-state index contributed by atoms with van der Waals surface area (Å²) < 4.78 is 7.44. The van der Waals surface area contributed by atoms with E-state index in [0.29, 0.717) is 55.7 Å². The number of aliphatic hydroxyl groups excluding tert-OH is 1. The van der Waals surface area contributed by atoms with Crippen LogP contribution in [0, 0.1) is 0 Å². The number of aromatic nitrogens is 3. The molecular weight excluding hydrogens is 442 g/mol. The second-order valence-corrected chi connectivity index (χ2v) is 8.56. The van der Waals surface area contributed by atoms with Gasteiger partial charge in [-0.05, 0) is 24.6 Å². The van der Waals surface area contributed by atoms with E-state index in [1.54, 1.807) is 10.8 Å². The zero-order valence-electron chi connectivity index (χ0n) is 18.9. The molecule has 1 fully saturated rings. The first-order valence-electron chi connectivity index (χ1n) is 11.4. The third kappa shape index (κ3) is 5.52. The normalized spacial score (nSPS) is 14.8. The van der Waals surface area contributed by atoms with E-state index in [9.17, 15) is 9.90 Å². The van der Waals surface area contributed by atoms with E-state index >= 15 is 0 Å². The highest BCUT2D eigenvalue weighted by atomic mass is 35.5. The lowest BCUT2D eigenvalue weighted by Gasteiger charge is -2.34. The smallest absolute Gasteiger partial charge is 0.294 e. The Morgan fingerprint density at radius 1 is 1.12 bits per heavy atom. The maximum Gasteiger partial charge on any atom is 0.294 e. The maximum atomic E-state index is 13.6. The minimum Gasteiger partial charge on any atom is -0.395 e. The van der Waals surface area contributed by atoms with E-state index < -0.39 is 0 Å². The van der Waals surface area contributed by atoms with Gasteiger partial charge in [-0.3, -0.25) is 14.7 Å². The molecule has 0 saturated carbocycles. The number of nitrogens with zero attached hydrogens (tertiary/aromatic N) is 5. The van der Waals surface area contributed by atoms with Crippen LogP contribution >= 0.6 is 11.6 Å². The highest BCUT2D eigenvalue weighted by Gasteiger charge is 2.22. The maximum absolute atomic E-state index is 13.6. The van der Waals surface area contributed by atoms with Crippen molar-refractivity contribution < 1.29 is 9.84 Å². The zero-order valence-corrected chi connectivity index (χ0v) is 19.7. The molecule has 33 heavy (non-hydrogen) atoms. The van der Waals surface area contributed by atoms with Crippen LogP contribution in [0.25, 0.3) is 22.3 Å². The van der Waals surface area contributed by atoms with Crippen LogP contribution in [0.3, 0.4) is 0 Å². The number of halogens is 1. The Morgan fingerprint density at radius 3 is 2.67 bits per heavy atom. The van der Waals surface area contributed by atoms with Crippen molar-refractivity contribution >= 4 is 28.5 Å². The zero-order chi connectivity index (χ0) is 23.2. The number of anilines is 1. The molecule has 176 valence electrons. The number of rotatable bonds is 9. The molecule has 1 aliphatic rings. The number of ether oxygens (including phenoxy) is 1. The second kappa shape index (κ2) is 11.1. The Balaban J connectivity index is 1.72. The monoisotopic (exact) mass is 471 g/mol. The van der Waals surface area contributed by atoms with Crippen molar-refractivity contribution in [1.29, 1.82) is 0 Å². The average molecular weight is 472 g/mol. The molecule has 1 N–H and O–H groups in total. The Bertz CT molecular complexity index is 1140. The standard InChI is InChI=1S/C24H30ClN5O3/c1-2-13-33-14-11-30-22-16-20(18-4-3-5-19(25)15-18)26-17-21(22)27-23(24(30)32)29-8-6-28(7-9-29)10-12-31/h3-5,15-17,31H,2,6-14H2,1H3. The molecule has 0 spiro atoms. The van der Waals surface area contributed by atoms with Crippen LogP contribution in [0.15, 0.2) is 41.3 Å². The molecule has 0 amide bonds. The van der Waals surface area contributed by atoms with Crippen LogP contribution in [0.2, 0.25) is 5.02 Å². The molecule has 2 aromatic heterocycles. The molecule has 1 aromatic carbocycles. The molecule has 0 bridgehead atoms. The second-order valence-electron chi connectivity index (χ2n) is 8.13. The number of fused-ring (bicyclic) bond motifs is 1. The highest BCUT2D eigenvalue weighted by molar-refractivity contribution is 6.30. The Morgan fingerprint density at radius 2 is 1.94 bits per heavy atom. The summed E-state index contributed by atoms with van der Waals surface area (Å²) in [6.07, 6.45) is 2.65. The molecule has 1 aliphatic heterocycles. The minimum absolute atomic E-state index is 0.124. The van der Waals surface area contributed by atoms with Gasteiger partial charge in [0.1, 0.15) is 5.52 Å². The van der Waals surface area contributed by atoms with Crippen LogP contribution in [0.5, 0.6) is 0 Å². The molecule has 0 radical (unpaired) electrons. The van der Waals surface area contributed by atoms with Crippen LogP contribution < -0.4 is 10.5 Å². The number of β-amino-alcohol motifs (C(OH)–C–C–N with tert-alkyl or cyclic N) is 1. The molecule has 3 heterocycles. The Labute approximate surface area is 198 Å². The van der Waals surface area contributed by atoms with Gasteiger partial charge < -0.3 is 19.3 Å². The van der Waals surface area contributed by atoms with E-state index in [1.807, 2.05) is 35.2 Å². The van der Waals surface area contributed by atoms with Gasteiger partial charge in [-0.2, -0.15) is 0 Å². The minimum atomic E-state index is -0.124. The van der Waals surface area contributed by atoms with Gasteiger partial charge >= 0.3 is 0 Å². The lowest BCUT2D eigenvalue weighted by Crippen LogP contribution is -2.49. The van der Waals surface area contributed by atoms with Crippen molar-refractivity contribution in [3.8, 4) is 11.3 Å². The molecule has 9 heteroatoms. The predicted octanol–water partition coefficient (Wildman–Crippen LogP) is 2.65. The Kier molecular flexibility index (Phi) is 7.93. The van der Waals surface area contributed by atoms with E-state index in [4.69, 9.17) is 21.3 Å². The molecule has 0 unspecified atom stereocenters. The van der Waals surface area contributed by atoms with Crippen molar-refractivity contribution in [2.24, 2.45) is 0 Å². The first-order chi connectivity index (χ1) is 16.1. The summed E-state index contributed by atoms with van der Waals surface area (Å²) in [4.78, 5) is 27.1. The summed E-state index contributed by atoms with van der Waals surface area (Å²) in [7, 11) is 0. The van der Waals surface area contributed by atoms with Crippen LogP contribution in [0.4, 0.5) is 5.82 Å². The lowest BCUT2D eigenvalue weighted by atomic mass is 10.1. The van der Waals surface area contributed by atoms with Gasteiger partial charge in [0, 0.05) is 56.5 Å². The molecule has 4 rings (SSSR count). The summed E-state index contributed by atoms with van der Waals surface area (Å²) in [6.45, 7) is 7.34. The van der Waals surface area contributed by atoms with E-state index in [0.717, 1.165) is 36.3 Å². The van der Waals surface area contributed by atoms with E-state index in [2.05, 4.69) is 16.8 Å². The van der Waals surface area contributed by atoms with Gasteiger partial charge in [0.15, 0.2) is 5.82 Å².